The fourth-order valence-electron chi connectivity index (χ4n) is 11.1. The Morgan fingerprint density at radius 2 is 1.24 bits per heavy atom. The average molecular weight is 1200 g/mol. The van der Waals surface area contributed by atoms with Crippen molar-refractivity contribution in [2.45, 2.75) is 182 Å². The van der Waals surface area contributed by atoms with Crippen LogP contribution in [0.15, 0.2) is 146 Å². The molecule has 86 heavy (non-hydrogen) atoms. The van der Waals surface area contributed by atoms with Crippen LogP contribution in [0.25, 0.3) is 11.1 Å². The average Bonchev–Trinajstić information content (AvgIpc) is 1.68. The highest BCUT2D eigenvalue weighted by atomic mass is 16.7. The number of esters is 2. The van der Waals surface area contributed by atoms with E-state index in [1.165, 1.54) is 19.1 Å². The topological polar surface area (TPSA) is 341 Å². The highest BCUT2D eigenvalue weighted by Crippen LogP contribution is 2.45. The van der Waals surface area contributed by atoms with Gasteiger partial charge in [0.2, 0.25) is 0 Å². The lowest BCUT2D eigenvalue weighted by atomic mass is 9.80. The second-order valence-corrected chi connectivity index (χ2v) is 22.6. The maximum Gasteiger partial charge on any atom is 0.407 e. The van der Waals surface area contributed by atoms with Gasteiger partial charge in [0.1, 0.15) is 49.7 Å². The van der Waals surface area contributed by atoms with Gasteiger partial charge in [-0.2, -0.15) is 0 Å². The van der Waals surface area contributed by atoms with E-state index in [0.29, 0.717) is 0 Å². The summed E-state index contributed by atoms with van der Waals surface area (Å²) < 4.78 is 35.0. The molecule has 3 aliphatic heterocycles. The van der Waals surface area contributed by atoms with Crippen molar-refractivity contribution < 1.29 is 99.0 Å². The highest BCUT2D eigenvalue weighted by Gasteiger charge is 2.57. The monoisotopic (exact) mass is 1200 g/mol. The van der Waals surface area contributed by atoms with Gasteiger partial charge in [-0.3, -0.25) is 9.59 Å². The third-order valence-electron chi connectivity index (χ3n) is 16.1. The van der Waals surface area contributed by atoms with Crippen LogP contribution < -0.4 is 5.32 Å². The van der Waals surface area contributed by atoms with Crippen molar-refractivity contribution in [2.75, 3.05) is 13.2 Å². The summed E-state index contributed by atoms with van der Waals surface area (Å²) in [6.07, 6.45) is -1.32. The lowest BCUT2D eigenvalue weighted by Crippen LogP contribution is -2.65. The lowest BCUT2D eigenvalue weighted by Gasteiger charge is -2.48. The van der Waals surface area contributed by atoms with E-state index in [1.807, 2.05) is 61.5 Å². The fraction of sp³-hybridized carbons (Fsp3) is 0.523. The number of aliphatic hydroxyl groups excluding tert-OH is 10. The summed E-state index contributed by atoms with van der Waals surface area (Å²) in [5.74, 6) is -7.53. The zero-order valence-electron chi connectivity index (χ0n) is 49.0. The Balaban J connectivity index is 1.24. The van der Waals surface area contributed by atoms with Gasteiger partial charge < -0.3 is 89.9 Å². The van der Waals surface area contributed by atoms with E-state index in [1.54, 1.807) is 86.8 Å². The first-order chi connectivity index (χ1) is 41.0. The molecule has 1 aliphatic carbocycles. The van der Waals surface area contributed by atoms with E-state index < -0.39 is 159 Å². The minimum atomic E-state index is -2.85. The van der Waals surface area contributed by atoms with Crippen molar-refractivity contribution in [3.05, 3.63) is 157 Å². The van der Waals surface area contributed by atoms with Crippen molar-refractivity contribution in [1.29, 1.82) is 0 Å². The molecule has 1 amide bonds. The molecule has 0 spiro atoms. The van der Waals surface area contributed by atoms with Crippen LogP contribution in [0, 0.1) is 17.8 Å². The smallest absolute Gasteiger partial charge is 0.407 e. The maximum atomic E-state index is 13.8. The van der Waals surface area contributed by atoms with E-state index in [0.717, 1.165) is 22.3 Å². The number of alkyl carbamates (subject to hydrolysis) is 1. The molecule has 20 unspecified atom stereocenters. The van der Waals surface area contributed by atoms with Crippen molar-refractivity contribution >= 4 is 18.0 Å². The summed E-state index contributed by atoms with van der Waals surface area (Å²) in [4.78, 5) is 40.1. The van der Waals surface area contributed by atoms with Gasteiger partial charge in [-0.1, -0.05) is 160 Å². The quantitative estimate of drug-likeness (QED) is 0.101. The number of hydrogen-bond acceptors (Lipinski definition) is 20. The summed E-state index contributed by atoms with van der Waals surface area (Å²) in [6.45, 7) is 9.83. The van der Waals surface area contributed by atoms with Crippen LogP contribution in [-0.2, 0) is 38.0 Å². The number of hydrogen-bond donors (Lipinski definition) is 12. The van der Waals surface area contributed by atoms with Crippen molar-refractivity contribution in [1.82, 2.24) is 5.32 Å². The third-order valence-corrected chi connectivity index (χ3v) is 16.1. The van der Waals surface area contributed by atoms with Crippen LogP contribution in [0.4, 0.5) is 4.79 Å². The largest absolute Gasteiger partial charge is 0.462 e. The lowest BCUT2D eigenvalue weighted by molar-refractivity contribution is -0.348. The molecule has 2 saturated heterocycles. The molecule has 20 atom stereocenters. The Kier molecular flexibility index (Phi) is 26.8. The van der Waals surface area contributed by atoms with Gasteiger partial charge in [0.25, 0.3) is 0 Å². The third kappa shape index (κ3) is 19.3. The minimum absolute atomic E-state index is 0.0697. The van der Waals surface area contributed by atoms with E-state index in [4.69, 9.17) is 28.4 Å². The Hall–Kier alpha value is -5.99. The summed E-state index contributed by atoms with van der Waals surface area (Å²) in [6, 6.07) is 14.1. The van der Waals surface area contributed by atoms with Gasteiger partial charge in [-0.25, -0.2) is 4.79 Å². The van der Waals surface area contributed by atoms with Crippen molar-refractivity contribution in [3.8, 4) is 11.1 Å². The van der Waals surface area contributed by atoms with E-state index in [9.17, 15) is 70.6 Å². The summed E-state index contributed by atoms with van der Waals surface area (Å²) >= 11 is 0. The summed E-state index contributed by atoms with van der Waals surface area (Å²) in [5.41, 5.74) is 3.95. The highest BCUT2D eigenvalue weighted by molar-refractivity contribution is 5.79. The number of fused-ring (bicyclic) bond motifs is 5. The van der Waals surface area contributed by atoms with Crippen molar-refractivity contribution in [3.63, 3.8) is 0 Å². The molecule has 21 nitrogen and oxygen atoms in total. The fourth-order valence-corrected chi connectivity index (χ4v) is 11.1. The Morgan fingerprint density at radius 1 is 0.663 bits per heavy atom. The molecule has 6 rings (SSSR count). The molecule has 3 heterocycles. The van der Waals surface area contributed by atoms with Crippen LogP contribution in [0.1, 0.15) is 89.7 Å². The zero-order valence-corrected chi connectivity index (χ0v) is 49.0. The first-order valence-corrected chi connectivity index (χ1v) is 29.3. The van der Waals surface area contributed by atoms with Gasteiger partial charge in [0.05, 0.1) is 67.4 Å². The number of amides is 1. The molecule has 2 bridgehead atoms. The number of rotatable bonds is 8. The SMILES string of the molecule is C=CCOC(=O)C1C2CC(OC3OC(C)C(O)C(NC(=O)OCC4c5ccccc5-c5ccccc54)C3O)/C=C/C=C/C=C/C=C/C=C/C=C/C=C/C(C)C(O)C(C)C(C)OC(=O)CC(O)CC(O)CCC(O)C(O)CC(O)CC(O)(O2)C(O)C1O. The van der Waals surface area contributed by atoms with Crippen LogP contribution >= 0.6 is 0 Å². The molecule has 0 radical (unpaired) electrons. The number of nitrogens with one attached hydrogen (secondary N) is 1. The molecule has 0 saturated carbocycles. The van der Waals surface area contributed by atoms with Gasteiger partial charge >= 0.3 is 18.0 Å². The molecule has 472 valence electrons. The molecule has 2 aromatic rings. The number of cyclic esters (lactones) is 1. The minimum Gasteiger partial charge on any atom is -0.462 e. The second kappa shape index (κ2) is 33.4. The predicted molar refractivity (Wildman–Crippen MR) is 316 cm³/mol. The Morgan fingerprint density at radius 3 is 1.85 bits per heavy atom. The van der Waals surface area contributed by atoms with Crippen molar-refractivity contribution in [2.24, 2.45) is 17.8 Å². The number of ether oxygens (including phenoxy) is 6. The van der Waals surface area contributed by atoms with E-state index in [-0.39, 0.29) is 44.3 Å². The summed E-state index contributed by atoms with van der Waals surface area (Å²) in [7, 11) is 0. The number of carbonyl (C=O) groups is 3. The van der Waals surface area contributed by atoms with Crippen LogP contribution in [0.5, 0.6) is 0 Å². The van der Waals surface area contributed by atoms with Crippen LogP contribution in [0.3, 0.4) is 0 Å². The number of carbonyl (C=O) groups excluding carboxylic acids is 3. The zero-order chi connectivity index (χ0) is 62.7. The molecular formula is C65H87NO20. The first-order valence-electron chi connectivity index (χ1n) is 29.3. The number of allylic oxidation sites excluding steroid dienone is 12. The molecular weight excluding hydrogens is 1110 g/mol. The van der Waals surface area contributed by atoms with E-state index in [2.05, 4.69) is 11.9 Å². The Labute approximate surface area is 502 Å². The molecule has 2 aromatic carbocycles. The van der Waals surface area contributed by atoms with Gasteiger partial charge in [-0.15, -0.1) is 0 Å². The predicted octanol–water partition coefficient (Wildman–Crippen LogP) is 3.91. The van der Waals surface area contributed by atoms with E-state index >= 15 is 0 Å². The normalized spacial score (nSPS) is 38.5. The van der Waals surface area contributed by atoms with Crippen LogP contribution in [-0.4, -0.2) is 191 Å². The standard InChI is InChI=1S/C65H87NO20/c1-6-31-81-62(78)55-53-35-45(85-63-60(76)56(58(74)41(5)84-63)66-64(79)82-37-50-48-27-21-19-25-46(48)47-26-20-22-28-49(47)50)24-18-16-14-12-10-8-7-9-11-13-15-17-23-38(2)57(73)39(3)40(4)83-54(72)34-43(68)32-42(67)29-30-51(70)52(71)33-44(69)36-65(80,86-53)61(77)59(55)75/h6-28,38-45,50-53,55-61,63,67-71,73-77,80H,1,29-37H2,2-5H3,(H,66,79)/b8-7+,11-9+,12-10+,15-13+,16-14+,23-17+,24-18+. The number of benzene rings is 2. The molecule has 12 N–H and O–H groups in total. The maximum absolute atomic E-state index is 13.8. The van der Waals surface area contributed by atoms with Crippen LogP contribution in [0.2, 0.25) is 0 Å². The molecule has 21 heteroatoms. The molecule has 2 fully saturated rings. The molecule has 4 aliphatic rings. The summed E-state index contributed by atoms with van der Waals surface area (Å²) in [5, 5.41) is 126. The first kappa shape index (κ1) is 69.1. The molecule has 0 aromatic heterocycles. The second-order valence-electron chi connectivity index (χ2n) is 22.6. The van der Waals surface area contributed by atoms with Gasteiger partial charge in [-0.05, 0) is 55.4 Å². The van der Waals surface area contributed by atoms with Gasteiger partial charge in [0, 0.05) is 37.0 Å². The Bertz CT molecular complexity index is 2680. The van der Waals surface area contributed by atoms with Gasteiger partial charge in [0.15, 0.2) is 12.1 Å². The number of aliphatic hydroxyl groups is 11.